The molecular weight excluding hydrogens is 319 g/mol. The molecule has 0 bridgehead atoms. The number of carbonyl (C=O) groups is 1. The van der Waals surface area contributed by atoms with Gasteiger partial charge in [-0.15, -0.1) is 0 Å². The van der Waals surface area contributed by atoms with Crippen LogP contribution in [0.1, 0.15) is 24.8 Å². The molecule has 1 aromatic rings. The van der Waals surface area contributed by atoms with Gasteiger partial charge < -0.3 is 4.90 Å². The molecule has 0 aromatic heterocycles. The first-order valence-electron chi connectivity index (χ1n) is 7.79. The number of nitrogens with zero attached hydrogens (tertiary/aromatic N) is 2. The van der Waals surface area contributed by atoms with Gasteiger partial charge in [0, 0.05) is 26.2 Å². The highest BCUT2D eigenvalue weighted by Crippen LogP contribution is 2.41. The Morgan fingerprint density at radius 2 is 1.87 bits per heavy atom. The van der Waals surface area contributed by atoms with Gasteiger partial charge in [-0.3, -0.25) is 4.79 Å². The zero-order valence-corrected chi connectivity index (χ0v) is 14.0. The Labute approximate surface area is 136 Å². The van der Waals surface area contributed by atoms with Gasteiger partial charge in [-0.25, -0.2) is 17.1 Å². The van der Waals surface area contributed by atoms with Crippen molar-refractivity contribution in [2.45, 2.75) is 25.8 Å². The highest BCUT2D eigenvalue weighted by atomic mass is 32.2. The number of halogens is 1. The summed E-state index contributed by atoms with van der Waals surface area (Å²) >= 11 is 0. The molecule has 2 saturated heterocycles. The Kier molecular flexibility index (Phi) is 4.18. The lowest BCUT2D eigenvalue weighted by Crippen LogP contribution is -2.49. The van der Waals surface area contributed by atoms with E-state index in [0.29, 0.717) is 26.1 Å². The van der Waals surface area contributed by atoms with Crippen LogP contribution in [-0.4, -0.2) is 49.4 Å². The SMILES string of the molecule is CS(=O)(=O)N1CCC2(CCCN(Cc3ccc(F)cc3)C2=O)C1. The van der Waals surface area contributed by atoms with Crippen molar-refractivity contribution >= 4 is 15.9 Å². The van der Waals surface area contributed by atoms with Gasteiger partial charge in [0.05, 0.1) is 11.7 Å². The summed E-state index contributed by atoms with van der Waals surface area (Å²) in [6, 6.07) is 6.14. The summed E-state index contributed by atoms with van der Waals surface area (Å²) in [6.45, 7) is 1.80. The fourth-order valence-corrected chi connectivity index (χ4v) is 4.51. The van der Waals surface area contributed by atoms with Gasteiger partial charge in [-0.05, 0) is 37.0 Å². The largest absolute Gasteiger partial charge is 0.338 e. The molecule has 2 aliphatic heterocycles. The molecule has 23 heavy (non-hydrogen) atoms. The van der Waals surface area contributed by atoms with Crippen LogP contribution in [0.3, 0.4) is 0 Å². The van der Waals surface area contributed by atoms with E-state index in [2.05, 4.69) is 0 Å². The third kappa shape index (κ3) is 3.26. The molecule has 126 valence electrons. The number of piperidine rings is 1. The second-order valence-corrected chi connectivity index (χ2v) is 8.57. The normalized spacial score (nSPS) is 26.2. The number of carbonyl (C=O) groups excluding carboxylic acids is 1. The van der Waals surface area contributed by atoms with Crippen LogP contribution >= 0.6 is 0 Å². The van der Waals surface area contributed by atoms with Crippen LogP contribution in [-0.2, 0) is 21.4 Å². The molecule has 1 atom stereocenters. The van der Waals surface area contributed by atoms with Crippen molar-refractivity contribution < 1.29 is 17.6 Å². The minimum atomic E-state index is -3.26. The van der Waals surface area contributed by atoms with Crippen molar-refractivity contribution in [2.75, 3.05) is 25.9 Å². The molecule has 0 N–H and O–H groups in total. The van der Waals surface area contributed by atoms with Crippen molar-refractivity contribution in [2.24, 2.45) is 5.41 Å². The minimum absolute atomic E-state index is 0.0271. The van der Waals surface area contributed by atoms with E-state index in [1.54, 1.807) is 17.0 Å². The zero-order chi connectivity index (χ0) is 16.7. The van der Waals surface area contributed by atoms with Crippen molar-refractivity contribution in [1.29, 1.82) is 0 Å². The Hall–Kier alpha value is -1.47. The number of sulfonamides is 1. The lowest BCUT2D eigenvalue weighted by molar-refractivity contribution is -0.146. The van der Waals surface area contributed by atoms with Crippen LogP contribution in [0.15, 0.2) is 24.3 Å². The molecule has 0 aliphatic carbocycles. The Balaban J connectivity index is 1.75. The van der Waals surface area contributed by atoms with Gasteiger partial charge in [-0.2, -0.15) is 0 Å². The lowest BCUT2D eigenvalue weighted by atomic mass is 9.78. The predicted molar refractivity (Wildman–Crippen MR) is 84.5 cm³/mol. The number of amides is 1. The number of likely N-dealkylation sites (tertiary alicyclic amines) is 1. The number of hydrogen-bond acceptors (Lipinski definition) is 3. The molecule has 5 nitrogen and oxygen atoms in total. The summed E-state index contributed by atoms with van der Waals surface area (Å²) in [5.74, 6) is -0.269. The van der Waals surface area contributed by atoms with E-state index in [1.807, 2.05) is 0 Å². The molecule has 1 aromatic carbocycles. The van der Waals surface area contributed by atoms with Gasteiger partial charge in [0.25, 0.3) is 0 Å². The smallest absolute Gasteiger partial charge is 0.230 e. The van der Waals surface area contributed by atoms with Crippen molar-refractivity contribution in [3.8, 4) is 0 Å². The van der Waals surface area contributed by atoms with Gasteiger partial charge in [-0.1, -0.05) is 12.1 Å². The average molecular weight is 340 g/mol. The van der Waals surface area contributed by atoms with E-state index in [1.165, 1.54) is 22.7 Å². The van der Waals surface area contributed by atoms with E-state index >= 15 is 0 Å². The van der Waals surface area contributed by atoms with Crippen LogP contribution in [0.4, 0.5) is 4.39 Å². The maximum Gasteiger partial charge on any atom is 0.230 e. The topological polar surface area (TPSA) is 57.7 Å². The fourth-order valence-electron chi connectivity index (χ4n) is 3.61. The highest BCUT2D eigenvalue weighted by molar-refractivity contribution is 7.88. The summed E-state index contributed by atoms with van der Waals surface area (Å²) in [4.78, 5) is 14.7. The number of hydrogen-bond donors (Lipinski definition) is 0. The second kappa shape index (κ2) is 5.87. The van der Waals surface area contributed by atoms with E-state index in [0.717, 1.165) is 18.4 Å². The Morgan fingerprint density at radius 1 is 1.17 bits per heavy atom. The Morgan fingerprint density at radius 3 is 2.48 bits per heavy atom. The van der Waals surface area contributed by atoms with Crippen molar-refractivity contribution in [1.82, 2.24) is 9.21 Å². The quantitative estimate of drug-likeness (QED) is 0.840. The predicted octanol–water partition coefficient (Wildman–Crippen LogP) is 1.60. The average Bonchev–Trinajstić information content (AvgIpc) is 2.92. The van der Waals surface area contributed by atoms with Gasteiger partial charge >= 0.3 is 0 Å². The first kappa shape index (κ1) is 16.4. The van der Waals surface area contributed by atoms with Crippen molar-refractivity contribution in [3.63, 3.8) is 0 Å². The van der Waals surface area contributed by atoms with E-state index in [-0.39, 0.29) is 18.3 Å². The van der Waals surface area contributed by atoms with Crippen LogP contribution in [0.2, 0.25) is 0 Å². The monoisotopic (exact) mass is 340 g/mol. The van der Waals surface area contributed by atoms with E-state index < -0.39 is 15.4 Å². The first-order valence-corrected chi connectivity index (χ1v) is 9.64. The van der Waals surface area contributed by atoms with Crippen LogP contribution < -0.4 is 0 Å². The molecule has 1 spiro atoms. The molecule has 1 amide bonds. The standard InChI is InChI=1S/C16H21FN2O3S/c1-23(21,22)19-10-8-16(12-19)7-2-9-18(15(16)20)11-13-3-5-14(17)6-4-13/h3-6H,2,7-12H2,1H3. The molecule has 2 fully saturated rings. The summed E-state index contributed by atoms with van der Waals surface area (Å²) in [5, 5.41) is 0. The van der Waals surface area contributed by atoms with Gasteiger partial charge in [0.15, 0.2) is 0 Å². The lowest BCUT2D eigenvalue weighted by Gasteiger charge is -2.39. The van der Waals surface area contributed by atoms with Gasteiger partial charge in [0.2, 0.25) is 15.9 Å². The summed E-state index contributed by atoms with van der Waals surface area (Å²) in [6.07, 6.45) is 3.37. The Bertz CT molecular complexity index is 705. The van der Waals surface area contributed by atoms with Gasteiger partial charge in [0.1, 0.15) is 5.82 Å². The summed E-state index contributed by atoms with van der Waals surface area (Å²) in [7, 11) is -3.26. The van der Waals surface area contributed by atoms with Crippen LogP contribution in [0.25, 0.3) is 0 Å². The number of rotatable bonds is 3. The molecule has 0 saturated carbocycles. The first-order chi connectivity index (χ1) is 10.8. The van der Waals surface area contributed by atoms with Crippen molar-refractivity contribution in [3.05, 3.63) is 35.6 Å². The third-order valence-corrected chi connectivity index (χ3v) is 6.15. The molecule has 3 rings (SSSR count). The third-order valence-electron chi connectivity index (χ3n) is 4.90. The second-order valence-electron chi connectivity index (χ2n) is 6.58. The van der Waals surface area contributed by atoms with Crippen LogP contribution in [0, 0.1) is 11.2 Å². The summed E-state index contributed by atoms with van der Waals surface area (Å²) < 4.78 is 37.9. The number of benzene rings is 1. The molecule has 2 heterocycles. The van der Waals surface area contributed by atoms with E-state index in [4.69, 9.17) is 0 Å². The highest BCUT2D eigenvalue weighted by Gasteiger charge is 2.50. The fraction of sp³-hybridized carbons (Fsp3) is 0.562. The zero-order valence-electron chi connectivity index (χ0n) is 13.2. The molecule has 2 aliphatic rings. The summed E-state index contributed by atoms with van der Waals surface area (Å²) in [5.41, 5.74) is 0.302. The molecule has 0 radical (unpaired) electrons. The molecule has 7 heteroatoms. The maximum atomic E-state index is 13.0. The maximum absolute atomic E-state index is 13.0. The molecule has 1 unspecified atom stereocenters. The van der Waals surface area contributed by atoms with E-state index in [9.17, 15) is 17.6 Å². The molecular formula is C16H21FN2O3S. The van der Waals surface area contributed by atoms with Crippen LogP contribution in [0.5, 0.6) is 0 Å². The minimum Gasteiger partial charge on any atom is -0.338 e.